The molecule has 0 aliphatic rings. The van der Waals surface area contributed by atoms with Crippen LogP contribution in [0.1, 0.15) is 5.56 Å². The van der Waals surface area contributed by atoms with Gasteiger partial charge in [0, 0.05) is 4.47 Å². The fourth-order valence-corrected chi connectivity index (χ4v) is 1.39. The first kappa shape index (κ1) is 9.67. The molecule has 3 nitrogen and oxygen atoms in total. The highest BCUT2D eigenvalue weighted by Gasteiger charge is 1.97. The number of benzene rings is 1. The molecule has 0 spiro atoms. The molecule has 0 aliphatic carbocycles. The normalized spacial score (nSPS) is 10.2. The first-order chi connectivity index (χ1) is 5.84. The van der Waals surface area contributed by atoms with Crippen molar-refractivity contribution in [2.24, 2.45) is 0 Å². The van der Waals surface area contributed by atoms with E-state index in [1.807, 2.05) is 24.3 Å². The highest BCUT2D eigenvalue weighted by atomic mass is 79.9. The second kappa shape index (κ2) is 5.27. The van der Waals surface area contributed by atoms with E-state index in [1.54, 1.807) is 5.64 Å². The first-order valence-electron chi connectivity index (χ1n) is 3.59. The molecular weight excluding hydrogens is 222 g/mol. The molecule has 1 rings (SSSR count). The van der Waals surface area contributed by atoms with Gasteiger partial charge in [0.1, 0.15) is 0 Å². The maximum atomic E-state index is 8.13. The van der Waals surface area contributed by atoms with E-state index in [0.29, 0.717) is 6.61 Å². The smallest absolute Gasteiger partial charge is 0.0749 e. The number of hydrogen-bond acceptors (Lipinski definition) is 3. The molecule has 4 heteroatoms. The molecule has 0 amide bonds. The molecule has 2 N–H and O–H groups in total. The van der Waals surface area contributed by atoms with Crippen LogP contribution in [-0.4, -0.2) is 11.8 Å². The van der Waals surface area contributed by atoms with Crippen LogP contribution in [0.2, 0.25) is 0 Å². The lowest BCUT2D eigenvalue weighted by atomic mass is 10.2. The molecular formula is C8H10BrNO2. The van der Waals surface area contributed by atoms with E-state index in [4.69, 9.17) is 5.21 Å². The second-order valence-electron chi connectivity index (χ2n) is 2.28. The average molecular weight is 232 g/mol. The summed E-state index contributed by atoms with van der Waals surface area (Å²) in [5.74, 6) is 0. The summed E-state index contributed by atoms with van der Waals surface area (Å²) in [5, 5.41) is 8.13. The maximum absolute atomic E-state index is 8.13. The van der Waals surface area contributed by atoms with Crippen LogP contribution in [0.5, 0.6) is 0 Å². The minimum atomic E-state index is 0.444. The molecule has 0 bridgehead atoms. The Hall–Kier alpha value is -0.420. The van der Waals surface area contributed by atoms with Gasteiger partial charge in [-0.2, -0.15) is 0 Å². The zero-order chi connectivity index (χ0) is 8.81. The van der Waals surface area contributed by atoms with E-state index in [2.05, 4.69) is 20.8 Å². The van der Waals surface area contributed by atoms with Crippen molar-refractivity contribution in [2.45, 2.75) is 6.42 Å². The molecule has 0 radical (unpaired) electrons. The Morgan fingerprint density at radius 1 is 1.42 bits per heavy atom. The molecule has 0 saturated heterocycles. The Kier molecular flexibility index (Phi) is 4.24. The molecule has 0 unspecified atom stereocenters. The third-order valence-corrected chi connectivity index (χ3v) is 2.27. The summed E-state index contributed by atoms with van der Waals surface area (Å²) in [5.41, 5.74) is 2.80. The summed E-state index contributed by atoms with van der Waals surface area (Å²) < 4.78 is 1.06. The largest absolute Gasteiger partial charge is 0.292 e. The molecule has 0 heterocycles. The van der Waals surface area contributed by atoms with Gasteiger partial charge in [0.25, 0.3) is 0 Å². The summed E-state index contributed by atoms with van der Waals surface area (Å²) in [6, 6.07) is 7.90. The first-order valence-corrected chi connectivity index (χ1v) is 4.38. The summed E-state index contributed by atoms with van der Waals surface area (Å²) in [7, 11) is 0. The van der Waals surface area contributed by atoms with Gasteiger partial charge in [-0.05, 0) is 18.1 Å². The zero-order valence-corrected chi connectivity index (χ0v) is 8.04. The third-order valence-electron chi connectivity index (χ3n) is 1.50. The molecule has 0 atom stereocenters. The van der Waals surface area contributed by atoms with Crippen LogP contribution in [0, 0.1) is 0 Å². The lowest BCUT2D eigenvalue weighted by Crippen LogP contribution is -2.10. The predicted octanol–water partition coefficient (Wildman–Crippen LogP) is 1.90. The predicted molar refractivity (Wildman–Crippen MR) is 48.7 cm³/mol. The van der Waals surface area contributed by atoms with Crippen molar-refractivity contribution in [3.63, 3.8) is 0 Å². The topological polar surface area (TPSA) is 41.5 Å². The van der Waals surface area contributed by atoms with Crippen LogP contribution in [0.3, 0.4) is 0 Å². The van der Waals surface area contributed by atoms with E-state index in [1.165, 1.54) is 0 Å². The SMILES string of the molecule is ONOCCc1ccccc1Br. The minimum Gasteiger partial charge on any atom is -0.292 e. The van der Waals surface area contributed by atoms with E-state index in [9.17, 15) is 0 Å². The van der Waals surface area contributed by atoms with Gasteiger partial charge >= 0.3 is 0 Å². The number of hydrogen-bond donors (Lipinski definition) is 2. The Bertz CT molecular complexity index is 242. The Morgan fingerprint density at radius 3 is 2.83 bits per heavy atom. The number of nitrogens with one attached hydrogen (secondary N) is 1. The van der Waals surface area contributed by atoms with Crippen LogP contribution in [0.4, 0.5) is 0 Å². The third kappa shape index (κ3) is 2.91. The minimum absolute atomic E-state index is 0.444. The summed E-state index contributed by atoms with van der Waals surface area (Å²) >= 11 is 3.41. The molecule has 0 saturated carbocycles. The fraction of sp³-hybridized carbons (Fsp3) is 0.250. The van der Waals surface area contributed by atoms with E-state index >= 15 is 0 Å². The molecule has 66 valence electrons. The van der Waals surface area contributed by atoms with Crippen molar-refractivity contribution in [1.29, 1.82) is 0 Å². The van der Waals surface area contributed by atoms with Gasteiger partial charge in [-0.1, -0.05) is 39.8 Å². The summed E-state index contributed by atoms with van der Waals surface area (Å²) in [6.07, 6.45) is 0.759. The summed E-state index contributed by atoms with van der Waals surface area (Å²) in [6.45, 7) is 0.444. The van der Waals surface area contributed by atoms with Crippen LogP contribution >= 0.6 is 15.9 Å². The van der Waals surface area contributed by atoms with Crippen molar-refractivity contribution < 1.29 is 10.0 Å². The lowest BCUT2D eigenvalue weighted by Gasteiger charge is -2.02. The Balaban J connectivity index is 2.46. The standard InChI is InChI=1S/C8H10BrNO2/c9-8-4-2-1-3-7(8)5-6-12-10-11/h1-4,10-11H,5-6H2. The second-order valence-corrected chi connectivity index (χ2v) is 3.14. The molecule has 0 aliphatic heterocycles. The van der Waals surface area contributed by atoms with Crippen molar-refractivity contribution >= 4 is 15.9 Å². The number of rotatable bonds is 4. The fourth-order valence-electron chi connectivity index (χ4n) is 0.908. The van der Waals surface area contributed by atoms with Crippen LogP contribution in [0.15, 0.2) is 28.7 Å². The van der Waals surface area contributed by atoms with Gasteiger partial charge in [0.2, 0.25) is 0 Å². The van der Waals surface area contributed by atoms with E-state index in [-0.39, 0.29) is 0 Å². The number of halogens is 1. The highest BCUT2D eigenvalue weighted by molar-refractivity contribution is 9.10. The van der Waals surface area contributed by atoms with Crippen LogP contribution < -0.4 is 5.64 Å². The Labute approximate surface area is 79.4 Å². The monoisotopic (exact) mass is 231 g/mol. The van der Waals surface area contributed by atoms with Gasteiger partial charge in [-0.3, -0.25) is 10.0 Å². The Morgan fingerprint density at radius 2 is 2.17 bits per heavy atom. The lowest BCUT2D eigenvalue weighted by molar-refractivity contribution is -0.125. The molecule has 1 aromatic carbocycles. The van der Waals surface area contributed by atoms with Crippen molar-refractivity contribution in [1.82, 2.24) is 5.64 Å². The average Bonchev–Trinajstić information content (AvgIpc) is 2.09. The molecule has 0 fully saturated rings. The van der Waals surface area contributed by atoms with Crippen LogP contribution in [0.25, 0.3) is 0 Å². The highest BCUT2D eigenvalue weighted by Crippen LogP contribution is 2.15. The van der Waals surface area contributed by atoms with Gasteiger partial charge in [-0.15, -0.1) is 0 Å². The van der Waals surface area contributed by atoms with E-state index in [0.717, 1.165) is 16.5 Å². The van der Waals surface area contributed by atoms with Crippen molar-refractivity contribution in [3.8, 4) is 0 Å². The molecule has 1 aromatic rings. The maximum Gasteiger partial charge on any atom is 0.0749 e. The van der Waals surface area contributed by atoms with Crippen molar-refractivity contribution in [2.75, 3.05) is 6.61 Å². The van der Waals surface area contributed by atoms with Crippen molar-refractivity contribution in [3.05, 3.63) is 34.3 Å². The van der Waals surface area contributed by atoms with Gasteiger partial charge < -0.3 is 0 Å². The van der Waals surface area contributed by atoms with Crippen LogP contribution in [-0.2, 0) is 11.3 Å². The van der Waals surface area contributed by atoms with E-state index < -0.39 is 0 Å². The van der Waals surface area contributed by atoms with Gasteiger partial charge in [-0.25, -0.2) is 0 Å². The molecule has 12 heavy (non-hydrogen) atoms. The summed E-state index contributed by atoms with van der Waals surface area (Å²) in [4.78, 5) is 4.58. The zero-order valence-electron chi connectivity index (χ0n) is 6.46. The van der Waals surface area contributed by atoms with Gasteiger partial charge in [0.05, 0.1) is 6.61 Å². The molecule has 0 aromatic heterocycles. The quantitative estimate of drug-likeness (QED) is 0.615. The van der Waals surface area contributed by atoms with Gasteiger partial charge in [0.15, 0.2) is 0 Å².